The lowest BCUT2D eigenvalue weighted by Gasteiger charge is -2.14. The number of aromatic nitrogens is 1. The Kier molecular flexibility index (Phi) is 4.63. The largest absolute Gasteiger partial charge is 0.364 e. The van der Waals surface area contributed by atoms with Crippen molar-refractivity contribution in [3.63, 3.8) is 0 Å². The van der Waals surface area contributed by atoms with Crippen LogP contribution in [0.2, 0.25) is 0 Å². The number of benzene rings is 1. The Hall–Kier alpha value is -2.33. The number of carbonyl (C=O) groups excluding carboxylic acids is 1. The first-order valence-electron chi connectivity index (χ1n) is 8.12. The minimum atomic E-state index is 0.216. The van der Waals surface area contributed by atoms with Gasteiger partial charge in [-0.3, -0.25) is 4.79 Å². The molecule has 4 nitrogen and oxygen atoms in total. The van der Waals surface area contributed by atoms with Gasteiger partial charge in [-0.2, -0.15) is 0 Å². The Balaban J connectivity index is 1.72. The van der Waals surface area contributed by atoms with Gasteiger partial charge in [0, 0.05) is 40.8 Å². The van der Waals surface area contributed by atoms with Gasteiger partial charge in [-0.1, -0.05) is 18.7 Å². The van der Waals surface area contributed by atoms with Gasteiger partial charge in [0.15, 0.2) is 5.78 Å². The second kappa shape index (κ2) is 6.84. The van der Waals surface area contributed by atoms with Crippen molar-refractivity contribution in [2.75, 3.05) is 18.9 Å². The quantitative estimate of drug-likeness (QED) is 0.767. The molecule has 4 heteroatoms. The summed E-state index contributed by atoms with van der Waals surface area (Å²) in [6.45, 7) is 5.08. The van der Waals surface area contributed by atoms with Gasteiger partial charge >= 0.3 is 0 Å². The van der Waals surface area contributed by atoms with Gasteiger partial charge < -0.3 is 15.6 Å². The van der Waals surface area contributed by atoms with E-state index in [1.165, 1.54) is 5.56 Å². The fraction of sp³-hybridized carbons (Fsp3) is 0.316. The van der Waals surface area contributed by atoms with Gasteiger partial charge in [-0.15, -0.1) is 0 Å². The van der Waals surface area contributed by atoms with Crippen molar-refractivity contribution in [1.29, 1.82) is 0 Å². The molecule has 1 aliphatic rings. The normalized spacial score (nSPS) is 13.7. The number of ketones is 1. The van der Waals surface area contributed by atoms with E-state index in [0.717, 1.165) is 54.0 Å². The third-order valence-electron chi connectivity index (χ3n) is 4.31. The minimum absolute atomic E-state index is 0.216. The van der Waals surface area contributed by atoms with E-state index >= 15 is 0 Å². The summed E-state index contributed by atoms with van der Waals surface area (Å²) < 4.78 is 0. The van der Waals surface area contributed by atoms with E-state index in [0.29, 0.717) is 6.42 Å². The second-order valence-corrected chi connectivity index (χ2v) is 5.99. The predicted octanol–water partition coefficient (Wildman–Crippen LogP) is 3.38. The number of hydrogen-bond donors (Lipinski definition) is 3. The molecule has 0 bridgehead atoms. The molecular weight excluding hydrogens is 286 g/mol. The third-order valence-corrected chi connectivity index (χ3v) is 4.31. The van der Waals surface area contributed by atoms with Crippen LogP contribution in [0, 0.1) is 0 Å². The molecular formula is C19H23N3O. The lowest BCUT2D eigenvalue weighted by molar-refractivity contribution is 0.0972. The first-order valence-corrected chi connectivity index (χ1v) is 8.12. The van der Waals surface area contributed by atoms with Crippen molar-refractivity contribution in [3.05, 3.63) is 59.4 Å². The molecule has 1 aromatic heterocycles. The van der Waals surface area contributed by atoms with Gasteiger partial charge in [0.1, 0.15) is 0 Å². The number of rotatable bonds is 6. The first kappa shape index (κ1) is 15.6. The fourth-order valence-electron chi connectivity index (χ4n) is 3.04. The van der Waals surface area contributed by atoms with E-state index in [-0.39, 0.29) is 5.78 Å². The maximum absolute atomic E-state index is 12.2. The lowest BCUT2D eigenvalue weighted by atomic mass is 9.93. The van der Waals surface area contributed by atoms with Crippen LogP contribution < -0.4 is 10.6 Å². The van der Waals surface area contributed by atoms with E-state index in [1.54, 1.807) is 0 Å². The van der Waals surface area contributed by atoms with Crippen molar-refractivity contribution in [2.24, 2.45) is 0 Å². The van der Waals surface area contributed by atoms with Crippen LogP contribution in [-0.2, 0) is 12.8 Å². The Morgan fingerprint density at radius 2 is 2.04 bits per heavy atom. The van der Waals surface area contributed by atoms with Gasteiger partial charge in [0.05, 0.1) is 0 Å². The first-order chi connectivity index (χ1) is 11.2. The molecule has 0 spiro atoms. The molecule has 23 heavy (non-hydrogen) atoms. The molecule has 0 atom stereocenters. The molecule has 120 valence electrons. The Labute approximate surface area is 137 Å². The highest BCUT2D eigenvalue weighted by molar-refractivity contribution is 6.03. The van der Waals surface area contributed by atoms with Crippen molar-refractivity contribution in [1.82, 2.24) is 10.3 Å². The monoisotopic (exact) mass is 309 g/mol. The van der Waals surface area contributed by atoms with Crippen LogP contribution in [0.4, 0.5) is 5.69 Å². The van der Waals surface area contributed by atoms with E-state index in [2.05, 4.69) is 46.5 Å². The average Bonchev–Trinajstić information content (AvgIpc) is 3.00. The predicted molar refractivity (Wildman–Crippen MR) is 94.8 cm³/mol. The maximum atomic E-state index is 12.2. The van der Waals surface area contributed by atoms with Crippen LogP contribution in [0.5, 0.6) is 0 Å². The second-order valence-electron chi connectivity index (χ2n) is 5.99. The summed E-state index contributed by atoms with van der Waals surface area (Å²) in [5.41, 5.74) is 5.80. The molecule has 2 aromatic rings. The van der Waals surface area contributed by atoms with E-state index in [9.17, 15) is 4.79 Å². The number of hydrogen-bond acceptors (Lipinski definition) is 3. The highest BCUT2D eigenvalue weighted by Crippen LogP contribution is 2.28. The fourth-order valence-corrected chi connectivity index (χ4v) is 3.04. The molecule has 0 saturated carbocycles. The SMILES string of the molecule is C=C(Nc1ccc(CCNC)cc1)c1c[nH]c2c1C(=O)CCC2. The number of H-pyrrole nitrogens is 1. The van der Waals surface area contributed by atoms with Crippen LogP contribution in [0.25, 0.3) is 5.70 Å². The zero-order valence-electron chi connectivity index (χ0n) is 13.5. The summed E-state index contributed by atoms with van der Waals surface area (Å²) >= 11 is 0. The van der Waals surface area contributed by atoms with Crippen LogP contribution in [0.3, 0.4) is 0 Å². The van der Waals surface area contributed by atoms with Crippen LogP contribution in [0.15, 0.2) is 37.0 Å². The Morgan fingerprint density at radius 1 is 1.26 bits per heavy atom. The molecule has 0 fully saturated rings. The summed E-state index contributed by atoms with van der Waals surface area (Å²) in [6.07, 6.45) is 5.40. The molecule has 0 unspecified atom stereocenters. The highest BCUT2D eigenvalue weighted by Gasteiger charge is 2.23. The zero-order chi connectivity index (χ0) is 16.2. The number of aromatic amines is 1. The number of nitrogens with one attached hydrogen (secondary N) is 3. The molecule has 3 N–H and O–H groups in total. The minimum Gasteiger partial charge on any atom is -0.364 e. The third kappa shape index (κ3) is 3.37. The number of aryl methyl sites for hydroxylation is 1. The van der Waals surface area contributed by atoms with Crippen LogP contribution >= 0.6 is 0 Å². The molecule has 0 radical (unpaired) electrons. The number of likely N-dealkylation sites (N-methyl/N-ethyl adjacent to an activating group) is 1. The summed E-state index contributed by atoms with van der Waals surface area (Å²) in [5.74, 6) is 0.216. The molecule has 0 aliphatic heterocycles. The van der Waals surface area contributed by atoms with E-state index in [4.69, 9.17) is 0 Å². The maximum Gasteiger partial charge on any atom is 0.165 e. The summed E-state index contributed by atoms with van der Waals surface area (Å²) in [7, 11) is 1.96. The Morgan fingerprint density at radius 3 is 2.78 bits per heavy atom. The average molecular weight is 309 g/mol. The van der Waals surface area contributed by atoms with Crippen molar-refractivity contribution < 1.29 is 4.79 Å². The Bertz CT molecular complexity index is 713. The highest BCUT2D eigenvalue weighted by atomic mass is 16.1. The van der Waals surface area contributed by atoms with Crippen LogP contribution in [0.1, 0.15) is 40.0 Å². The van der Waals surface area contributed by atoms with Crippen molar-refractivity contribution in [2.45, 2.75) is 25.7 Å². The molecule has 1 heterocycles. The van der Waals surface area contributed by atoms with E-state index in [1.807, 2.05) is 13.2 Å². The molecule has 0 amide bonds. The number of carbonyl (C=O) groups is 1. The van der Waals surface area contributed by atoms with Gasteiger partial charge in [-0.25, -0.2) is 0 Å². The molecule has 1 aliphatic carbocycles. The smallest absolute Gasteiger partial charge is 0.165 e. The van der Waals surface area contributed by atoms with Crippen LogP contribution in [-0.4, -0.2) is 24.4 Å². The number of Topliss-reactive ketones (excluding diaryl/α,β-unsaturated/α-hetero) is 1. The van der Waals surface area contributed by atoms with Gasteiger partial charge in [0.2, 0.25) is 0 Å². The van der Waals surface area contributed by atoms with Gasteiger partial charge in [-0.05, 0) is 50.6 Å². The molecule has 0 saturated heterocycles. The topological polar surface area (TPSA) is 56.9 Å². The summed E-state index contributed by atoms with van der Waals surface area (Å²) in [4.78, 5) is 15.4. The molecule has 3 rings (SSSR count). The number of fused-ring (bicyclic) bond motifs is 1. The summed E-state index contributed by atoms with van der Waals surface area (Å²) in [5, 5.41) is 6.47. The number of anilines is 1. The van der Waals surface area contributed by atoms with Crippen molar-refractivity contribution >= 4 is 17.2 Å². The zero-order valence-corrected chi connectivity index (χ0v) is 13.5. The van der Waals surface area contributed by atoms with Gasteiger partial charge in [0.25, 0.3) is 0 Å². The molecule has 1 aromatic carbocycles. The lowest BCUT2D eigenvalue weighted by Crippen LogP contribution is -2.12. The van der Waals surface area contributed by atoms with E-state index < -0.39 is 0 Å². The van der Waals surface area contributed by atoms with Crippen molar-refractivity contribution in [3.8, 4) is 0 Å². The summed E-state index contributed by atoms with van der Waals surface area (Å²) in [6, 6.07) is 8.34. The standard InChI is InChI=1S/C19H23N3O/c1-13(16-12-21-17-4-3-5-18(23)19(16)17)22-15-8-6-14(7-9-15)10-11-20-2/h6-9,12,20-22H,1,3-5,10-11H2,2H3.